The van der Waals surface area contributed by atoms with Crippen LogP contribution in [0.4, 0.5) is 38.5 Å². The number of anilines is 6. The number of benzene rings is 7. The maximum Gasteiger partial charge on any atom is 0.170 e. The van der Waals surface area contributed by atoms with Gasteiger partial charge < -0.3 is 45.9 Å². The number of nitrogens with zero attached hydrogens (tertiary/aromatic N) is 9. The molecule has 109 heavy (non-hydrogen) atoms. The number of piperazine rings is 1. The van der Waals surface area contributed by atoms with Crippen LogP contribution in [0.15, 0.2) is 171 Å². The van der Waals surface area contributed by atoms with E-state index in [4.69, 9.17) is 58.0 Å². The SMILES string of the molecule is CN(C)Cc1ccc(Nc2c(C(=O)C3CC3)cnc3ccc(-c4cc(Cl)c(O)c(Cl)c4)cc23)cn1.CN1CCN(Cc2ccc(Nc3c(CC=O)cnc4ccc(-c5cc(F)c(O)c(Cl)c5)cc34)cc2)CC1.O=C(c1cnc2ccc(-c3cc(Cl)c(O)c(Cl)c3)cc2c1Nc1ccc(CN2CCCC2)nc1)C1CC1. The molecule has 12 aromatic rings. The first kappa shape index (κ1) is 75.9. The van der Waals surface area contributed by atoms with Crippen molar-refractivity contribution in [3.05, 3.63) is 235 Å². The fraction of sp³-hybridized carbons (Fsp3) is 0.247. The number of hydrogen-bond donors (Lipinski definition) is 6. The maximum absolute atomic E-state index is 14.2. The molecule has 0 unspecified atom stereocenters. The minimum Gasteiger partial charge on any atom is -0.505 e. The molecule has 0 spiro atoms. The molecule has 0 amide bonds. The van der Waals surface area contributed by atoms with Crippen molar-refractivity contribution < 1.29 is 34.1 Å². The molecular weight excluding hydrogens is 1480 g/mol. The standard InChI is InChI=1S/C29H26Cl2N4O2.C29H28ClFN4O2.C27H24Cl2N4O2/c30-24-12-19(13-25(31)29(24)37)18-5-8-26-22(11-18)27(23(15-33-26)28(36)17-3-4-17)34-20-6-7-21(32-14-20)16-35-9-1-2-10-35;1-34-9-11-35(12-10-34)18-19-2-5-23(6-3-19)33-28-21(8-13-36)17-32-27-7-4-20(14-24(27)28)22-15-25(30)29(37)26(31)16-22;1-33(2)14-19-7-6-18(12-30-19)32-25-20-9-16(17-10-22(28)27(35)23(29)11-17)5-8-24(20)31-13-21(25)26(34)15-3-4-15/h5-8,11-15,17,37H,1-4,9-10,16H2,(H,33,34);2-7,13-17,37H,8-12,18H2,1H3,(H,32,33);5-13,15,35H,3-4,14H2,1-2H3,(H,31,32). The van der Waals surface area contributed by atoms with E-state index >= 15 is 0 Å². The molecule has 18 nitrogen and oxygen atoms in total. The number of Topliss-reactive ketones (excluding diaryl/α,β-unsaturated/α-hetero) is 2. The van der Waals surface area contributed by atoms with Gasteiger partial charge in [-0.2, -0.15) is 0 Å². The molecule has 2 saturated carbocycles. The Labute approximate surface area is 655 Å². The average molecular weight is 1560 g/mol. The second kappa shape index (κ2) is 33.5. The number of aromatic nitrogens is 5. The third-order valence-corrected chi connectivity index (χ3v) is 21.4. The van der Waals surface area contributed by atoms with E-state index in [0.29, 0.717) is 33.6 Å². The second-order valence-electron chi connectivity index (χ2n) is 28.4. The van der Waals surface area contributed by atoms with Crippen molar-refractivity contribution in [3.63, 3.8) is 0 Å². The van der Waals surface area contributed by atoms with Crippen molar-refractivity contribution in [1.82, 2.24) is 44.5 Å². The Morgan fingerprint density at radius 2 is 0.899 bits per heavy atom. The van der Waals surface area contributed by atoms with E-state index in [2.05, 4.69) is 79.7 Å². The van der Waals surface area contributed by atoms with Gasteiger partial charge in [0.15, 0.2) is 34.6 Å². The zero-order valence-electron chi connectivity index (χ0n) is 60.1. The van der Waals surface area contributed by atoms with E-state index in [0.717, 1.165) is 186 Å². The fourth-order valence-electron chi connectivity index (χ4n) is 13.6. The van der Waals surface area contributed by atoms with Crippen LogP contribution in [0.3, 0.4) is 0 Å². The Hall–Kier alpha value is -9.90. The molecule has 24 heteroatoms. The normalized spacial score (nSPS) is 14.7. The van der Waals surface area contributed by atoms with Crippen LogP contribution in [0.25, 0.3) is 66.1 Å². The number of halogens is 6. The number of likely N-dealkylation sites (tertiary alicyclic amines) is 1. The lowest BCUT2D eigenvalue weighted by atomic mass is 9.99. The van der Waals surface area contributed by atoms with Gasteiger partial charge in [0.2, 0.25) is 0 Å². The molecule has 0 bridgehead atoms. The van der Waals surface area contributed by atoms with Crippen LogP contribution in [-0.4, -0.2) is 138 Å². The summed E-state index contributed by atoms with van der Waals surface area (Å²) in [6.45, 7) is 9.04. The van der Waals surface area contributed by atoms with Crippen molar-refractivity contribution in [2.45, 2.75) is 64.6 Å². The minimum atomic E-state index is -0.787. The van der Waals surface area contributed by atoms with E-state index in [1.165, 1.54) is 30.5 Å². The van der Waals surface area contributed by atoms with Gasteiger partial charge in [-0.1, -0.05) is 88.3 Å². The Balaban J connectivity index is 0.000000137. The average Bonchev–Trinajstić information content (AvgIpc) is 1.60. The summed E-state index contributed by atoms with van der Waals surface area (Å²) in [7, 11) is 6.15. The van der Waals surface area contributed by atoms with Gasteiger partial charge in [-0.05, 0) is 221 Å². The van der Waals surface area contributed by atoms with E-state index in [9.17, 15) is 34.1 Å². The molecule has 2 saturated heterocycles. The lowest BCUT2D eigenvalue weighted by Crippen LogP contribution is -2.43. The minimum absolute atomic E-state index is 0.0493. The Morgan fingerprint density at radius 3 is 1.34 bits per heavy atom. The third-order valence-electron chi connectivity index (χ3n) is 19.9. The number of fused-ring (bicyclic) bond motifs is 3. The van der Waals surface area contributed by atoms with Gasteiger partial charge >= 0.3 is 0 Å². The number of carbonyl (C=O) groups excluding carboxylic acids is 3. The van der Waals surface area contributed by atoms with Gasteiger partial charge in [-0.25, -0.2) is 4.39 Å². The second-order valence-corrected chi connectivity index (χ2v) is 30.4. The maximum atomic E-state index is 14.2. The van der Waals surface area contributed by atoms with Crippen LogP contribution >= 0.6 is 58.0 Å². The number of aromatic hydroxyl groups is 3. The van der Waals surface area contributed by atoms with Crippen molar-refractivity contribution in [2.75, 3.05) is 76.4 Å². The lowest BCUT2D eigenvalue weighted by Gasteiger charge is -2.32. The number of hydrogen-bond acceptors (Lipinski definition) is 18. The number of phenols is 3. The molecule has 7 aromatic carbocycles. The molecule has 4 fully saturated rings. The fourth-order valence-corrected chi connectivity index (χ4v) is 14.8. The first-order valence-corrected chi connectivity index (χ1v) is 38.0. The highest BCUT2D eigenvalue weighted by atomic mass is 35.5. The van der Waals surface area contributed by atoms with Gasteiger partial charge in [0.1, 0.15) is 6.29 Å². The Morgan fingerprint density at radius 1 is 0.477 bits per heavy atom. The quantitative estimate of drug-likeness (QED) is 0.0290. The molecule has 0 atom stereocenters. The van der Waals surface area contributed by atoms with Crippen LogP contribution in [-0.2, 0) is 30.8 Å². The number of aldehydes is 1. The summed E-state index contributed by atoms with van der Waals surface area (Å²) >= 11 is 30.7. The Kier molecular flexibility index (Phi) is 23.3. The predicted molar refractivity (Wildman–Crippen MR) is 435 cm³/mol. The van der Waals surface area contributed by atoms with E-state index < -0.39 is 11.6 Å². The van der Waals surface area contributed by atoms with Crippen molar-refractivity contribution in [1.29, 1.82) is 0 Å². The summed E-state index contributed by atoms with van der Waals surface area (Å²) in [5.74, 6) is -1.34. The largest absolute Gasteiger partial charge is 0.505 e. The molecule has 5 aromatic heterocycles. The number of pyridine rings is 5. The number of phenolic OH excluding ortho intramolecular Hbond substituents is 3. The molecule has 556 valence electrons. The monoisotopic (exact) mass is 1560 g/mol. The molecule has 16 rings (SSSR count). The number of ketones is 2. The zero-order valence-corrected chi connectivity index (χ0v) is 63.9. The third kappa shape index (κ3) is 18.0. The summed E-state index contributed by atoms with van der Waals surface area (Å²) in [5, 5.41) is 43.1. The van der Waals surface area contributed by atoms with Crippen LogP contribution in [0.1, 0.15) is 81.8 Å². The predicted octanol–water partition coefficient (Wildman–Crippen LogP) is 19.6. The molecule has 4 aliphatic rings. The van der Waals surface area contributed by atoms with E-state index in [-0.39, 0.29) is 66.4 Å². The van der Waals surface area contributed by atoms with Gasteiger partial charge in [0.25, 0.3) is 0 Å². The molecule has 2 aliphatic carbocycles. The van der Waals surface area contributed by atoms with Crippen molar-refractivity contribution in [2.24, 2.45) is 11.8 Å². The summed E-state index contributed by atoms with van der Waals surface area (Å²) in [6.07, 6.45) is 15.8. The van der Waals surface area contributed by atoms with Crippen LogP contribution in [0, 0.1) is 17.7 Å². The Bertz CT molecular complexity index is 5360. The first-order chi connectivity index (χ1) is 52.7. The zero-order chi connectivity index (χ0) is 76.1. The van der Waals surface area contributed by atoms with Gasteiger partial charge in [-0.15, -0.1) is 0 Å². The molecular formula is C85H78Cl5FN12O6. The van der Waals surface area contributed by atoms with E-state index in [1.807, 2.05) is 111 Å². The van der Waals surface area contributed by atoms with Crippen molar-refractivity contribution >= 4 is 143 Å². The number of carbonyl (C=O) groups is 3. The summed E-state index contributed by atoms with van der Waals surface area (Å²) in [6, 6.07) is 42.9. The van der Waals surface area contributed by atoms with Crippen LogP contribution < -0.4 is 16.0 Å². The summed E-state index contributed by atoms with van der Waals surface area (Å²) < 4.78 is 14.2. The summed E-state index contributed by atoms with van der Waals surface area (Å²) in [4.78, 5) is 70.0. The van der Waals surface area contributed by atoms with Gasteiger partial charge in [0, 0.05) is 110 Å². The highest BCUT2D eigenvalue weighted by molar-refractivity contribution is 6.38. The van der Waals surface area contributed by atoms with Crippen molar-refractivity contribution in [3.8, 4) is 50.6 Å². The first-order valence-electron chi connectivity index (χ1n) is 36.1. The lowest BCUT2D eigenvalue weighted by molar-refractivity contribution is -0.107. The highest BCUT2D eigenvalue weighted by Crippen LogP contribution is 2.45. The highest BCUT2D eigenvalue weighted by Gasteiger charge is 2.34. The van der Waals surface area contributed by atoms with Crippen LogP contribution in [0.2, 0.25) is 25.1 Å². The molecule has 2 aliphatic heterocycles. The molecule has 0 radical (unpaired) electrons. The number of nitrogens with one attached hydrogen (secondary N) is 3. The molecule has 7 heterocycles. The van der Waals surface area contributed by atoms with E-state index in [1.54, 1.807) is 49.1 Å². The van der Waals surface area contributed by atoms with Gasteiger partial charge in [0.05, 0.1) is 105 Å². The topological polar surface area (TPSA) is 225 Å². The number of likely N-dealkylation sites (N-methyl/N-ethyl adjacent to an activating group) is 1. The van der Waals surface area contributed by atoms with Gasteiger partial charge in [-0.3, -0.25) is 44.3 Å². The van der Waals surface area contributed by atoms with Crippen LogP contribution in [0.5, 0.6) is 17.2 Å². The smallest absolute Gasteiger partial charge is 0.170 e. The molecule has 6 N–H and O–H groups in total. The summed E-state index contributed by atoms with van der Waals surface area (Å²) in [5.41, 5.74) is 16.5. The number of rotatable bonds is 21.